The molecule has 0 heterocycles. The maximum atomic E-state index is 9.76. The van der Waals surface area contributed by atoms with Gasteiger partial charge in [0.1, 0.15) is 0 Å². The van der Waals surface area contributed by atoms with Crippen LogP contribution in [0.25, 0.3) is 0 Å². The molecule has 4 N–H and O–H groups in total. The summed E-state index contributed by atoms with van der Waals surface area (Å²) in [6.07, 6.45) is -1.02. The van der Waals surface area contributed by atoms with Gasteiger partial charge in [0.05, 0.1) is 18.2 Å². The van der Waals surface area contributed by atoms with Gasteiger partial charge in [0.15, 0.2) is 11.5 Å². The molecule has 1 rings (SSSR count). The van der Waals surface area contributed by atoms with Gasteiger partial charge >= 0.3 is 0 Å². The first-order chi connectivity index (χ1) is 6.99. The van der Waals surface area contributed by atoms with E-state index < -0.39 is 12.1 Å². The third-order valence-corrected chi connectivity index (χ3v) is 2.47. The number of aliphatic hydroxyl groups is 1. The number of phenols is 1. The molecule has 1 aromatic rings. The van der Waals surface area contributed by atoms with E-state index in [1.807, 2.05) is 0 Å². The minimum Gasteiger partial charge on any atom is -0.504 e. The molecule has 0 saturated carbocycles. The van der Waals surface area contributed by atoms with Gasteiger partial charge in [0, 0.05) is 11.6 Å². The van der Waals surface area contributed by atoms with E-state index in [9.17, 15) is 10.2 Å². The summed E-state index contributed by atoms with van der Waals surface area (Å²) < 4.78 is 4.91. The molecule has 0 radical (unpaired) electrons. The Kier molecular flexibility index (Phi) is 3.79. The van der Waals surface area contributed by atoms with E-state index in [0.717, 1.165) is 0 Å². The second-order valence-electron chi connectivity index (χ2n) is 3.32. The zero-order chi connectivity index (χ0) is 11.6. The molecule has 0 amide bonds. The van der Waals surface area contributed by atoms with Crippen LogP contribution in [-0.4, -0.2) is 23.4 Å². The molecule has 0 spiro atoms. The van der Waals surface area contributed by atoms with Crippen LogP contribution in [0, 0.1) is 0 Å². The van der Waals surface area contributed by atoms with E-state index in [1.165, 1.54) is 13.2 Å². The highest BCUT2D eigenvalue weighted by molar-refractivity contribution is 6.31. The molecule has 0 saturated heterocycles. The van der Waals surface area contributed by atoms with Gasteiger partial charge in [-0.05, 0) is 19.1 Å². The molecule has 0 bridgehead atoms. The lowest BCUT2D eigenvalue weighted by Gasteiger charge is -2.18. The minimum atomic E-state index is -1.02. The number of rotatable bonds is 3. The summed E-state index contributed by atoms with van der Waals surface area (Å²) in [5.74, 6) is 0.0869. The van der Waals surface area contributed by atoms with Crippen LogP contribution in [0.5, 0.6) is 11.5 Å². The van der Waals surface area contributed by atoms with Gasteiger partial charge in [-0.2, -0.15) is 0 Å². The second-order valence-corrected chi connectivity index (χ2v) is 3.72. The molecular formula is C10H14ClNO3. The maximum Gasteiger partial charge on any atom is 0.165 e. The lowest BCUT2D eigenvalue weighted by molar-refractivity contribution is 0.149. The molecule has 0 fully saturated rings. The van der Waals surface area contributed by atoms with Crippen molar-refractivity contribution in [3.63, 3.8) is 0 Å². The molecule has 15 heavy (non-hydrogen) atoms. The SMILES string of the molecule is COc1ccc(Cl)c(C(O)C(C)N)c1O. The molecule has 4 nitrogen and oxygen atoms in total. The number of methoxy groups -OCH3 is 1. The van der Waals surface area contributed by atoms with E-state index >= 15 is 0 Å². The summed E-state index contributed by atoms with van der Waals surface area (Å²) in [5, 5.41) is 19.8. The third kappa shape index (κ3) is 2.34. The summed E-state index contributed by atoms with van der Waals surface area (Å²) in [4.78, 5) is 0. The number of aromatic hydroxyl groups is 1. The predicted molar refractivity (Wildman–Crippen MR) is 58.3 cm³/mol. The van der Waals surface area contributed by atoms with Crippen LogP contribution >= 0.6 is 11.6 Å². The van der Waals surface area contributed by atoms with E-state index in [-0.39, 0.29) is 22.1 Å². The monoisotopic (exact) mass is 231 g/mol. The minimum absolute atomic E-state index is 0.171. The van der Waals surface area contributed by atoms with Crippen LogP contribution in [0.3, 0.4) is 0 Å². The zero-order valence-electron chi connectivity index (χ0n) is 8.57. The zero-order valence-corrected chi connectivity index (χ0v) is 9.32. The van der Waals surface area contributed by atoms with Crippen molar-refractivity contribution in [1.29, 1.82) is 0 Å². The fourth-order valence-corrected chi connectivity index (χ4v) is 1.54. The van der Waals surface area contributed by atoms with E-state index in [2.05, 4.69) is 0 Å². The number of hydrogen-bond donors (Lipinski definition) is 3. The van der Waals surface area contributed by atoms with Crippen molar-refractivity contribution >= 4 is 11.6 Å². The first kappa shape index (κ1) is 12.1. The Balaban J connectivity index is 3.26. The predicted octanol–water partition coefficient (Wildman–Crippen LogP) is 1.43. The van der Waals surface area contributed by atoms with Crippen molar-refractivity contribution < 1.29 is 14.9 Å². The highest BCUT2D eigenvalue weighted by Crippen LogP contribution is 2.39. The number of halogens is 1. The molecule has 2 atom stereocenters. The van der Waals surface area contributed by atoms with Crippen LogP contribution in [0.2, 0.25) is 5.02 Å². The van der Waals surface area contributed by atoms with Gasteiger partial charge in [-0.1, -0.05) is 11.6 Å². The van der Waals surface area contributed by atoms with E-state index in [0.29, 0.717) is 0 Å². The Bertz CT molecular complexity index is 355. The number of aliphatic hydroxyl groups excluding tert-OH is 1. The van der Waals surface area contributed by atoms with Crippen LogP contribution < -0.4 is 10.5 Å². The lowest BCUT2D eigenvalue weighted by atomic mass is 10.0. The van der Waals surface area contributed by atoms with Crippen LogP contribution in [-0.2, 0) is 0 Å². The second kappa shape index (κ2) is 4.70. The Hall–Kier alpha value is -0.970. The summed E-state index contributed by atoms with van der Waals surface area (Å²) in [5.41, 5.74) is 5.74. The standard InChI is InChI=1S/C10H14ClNO3/c1-5(12)9(13)8-6(11)3-4-7(15-2)10(8)14/h3-5,9,13-14H,12H2,1-2H3. The largest absolute Gasteiger partial charge is 0.504 e. The average molecular weight is 232 g/mol. The van der Waals surface area contributed by atoms with Crippen molar-refractivity contribution in [3.05, 3.63) is 22.7 Å². The number of ether oxygens (including phenoxy) is 1. The van der Waals surface area contributed by atoms with Gasteiger partial charge in [-0.3, -0.25) is 0 Å². The Morgan fingerprint density at radius 2 is 2.07 bits per heavy atom. The van der Waals surface area contributed by atoms with Crippen LogP contribution in [0.4, 0.5) is 0 Å². The highest BCUT2D eigenvalue weighted by Gasteiger charge is 2.22. The molecular weight excluding hydrogens is 218 g/mol. The fraction of sp³-hybridized carbons (Fsp3) is 0.400. The summed E-state index contributed by atoms with van der Waals surface area (Å²) in [7, 11) is 1.42. The van der Waals surface area contributed by atoms with Crippen molar-refractivity contribution in [2.75, 3.05) is 7.11 Å². The summed E-state index contributed by atoms with van der Waals surface area (Å²) in [6, 6.07) is 2.54. The Labute approximate surface area is 93.2 Å². The normalized spacial score (nSPS) is 14.7. The van der Waals surface area contributed by atoms with Crippen molar-refractivity contribution in [3.8, 4) is 11.5 Å². The van der Waals surface area contributed by atoms with Crippen LogP contribution in [0.1, 0.15) is 18.6 Å². The Morgan fingerprint density at radius 3 is 2.53 bits per heavy atom. The van der Waals surface area contributed by atoms with E-state index in [4.69, 9.17) is 22.1 Å². The third-order valence-electron chi connectivity index (χ3n) is 2.14. The molecule has 0 aliphatic rings. The van der Waals surface area contributed by atoms with Gasteiger partial charge in [-0.15, -0.1) is 0 Å². The number of phenolic OH excluding ortho intramolecular Hbond substituents is 1. The smallest absolute Gasteiger partial charge is 0.165 e. The van der Waals surface area contributed by atoms with Crippen molar-refractivity contribution in [2.24, 2.45) is 5.73 Å². The summed E-state index contributed by atoms with van der Waals surface area (Å²) in [6.45, 7) is 1.62. The maximum absolute atomic E-state index is 9.76. The Morgan fingerprint density at radius 1 is 1.47 bits per heavy atom. The van der Waals surface area contributed by atoms with Crippen molar-refractivity contribution in [1.82, 2.24) is 0 Å². The summed E-state index contributed by atoms with van der Waals surface area (Å²) >= 11 is 5.87. The average Bonchev–Trinajstić information content (AvgIpc) is 2.17. The van der Waals surface area contributed by atoms with Crippen molar-refractivity contribution in [2.45, 2.75) is 19.1 Å². The molecule has 2 unspecified atom stereocenters. The van der Waals surface area contributed by atoms with E-state index in [1.54, 1.807) is 13.0 Å². The van der Waals surface area contributed by atoms with Gasteiger partial charge < -0.3 is 20.7 Å². The molecule has 5 heteroatoms. The molecule has 0 aliphatic carbocycles. The van der Waals surface area contributed by atoms with Gasteiger partial charge in [0.25, 0.3) is 0 Å². The topological polar surface area (TPSA) is 75.7 Å². The lowest BCUT2D eigenvalue weighted by Crippen LogP contribution is -2.24. The molecule has 84 valence electrons. The highest BCUT2D eigenvalue weighted by atomic mass is 35.5. The number of nitrogens with two attached hydrogens (primary N) is 1. The quantitative estimate of drug-likeness (QED) is 0.736. The number of benzene rings is 1. The fourth-order valence-electron chi connectivity index (χ4n) is 1.27. The first-order valence-corrected chi connectivity index (χ1v) is 4.85. The van der Waals surface area contributed by atoms with Gasteiger partial charge in [-0.25, -0.2) is 0 Å². The first-order valence-electron chi connectivity index (χ1n) is 4.48. The number of hydrogen-bond acceptors (Lipinski definition) is 4. The molecule has 0 aromatic heterocycles. The molecule has 0 aliphatic heterocycles. The van der Waals surface area contributed by atoms with Crippen LogP contribution in [0.15, 0.2) is 12.1 Å². The molecule has 1 aromatic carbocycles. The van der Waals surface area contributed by atoms with Gasteiger partial charge in [0.2, 0.25) is 0 Å².